The third-order valence-electron chi connectivity index (χ3n) is 4.33. The van der Waals surface area contributed by atoms with E-state index in [1.54, 1.807) is 0 Å². The Labute approximate surface area is 163 Å². The summed E-state index contributed by atoms with van der Waals surface area (Å²) in [6.07, 6.45) is 13.9. The monoisotopic (exact) mass is 374 g/mol. The third-order valence-corrected chi connectivity index (χ3v) is 4.33. The molecule has 4 nitrogen and oxygen atoms in total. The molecule has 1 aromatic carbocycles. The van der Waals surface area contributed by atoms with Gasteiger partial charge in [-0.25, -0.2) is 9.59 Å². The zero-order valence-corrected chi connectivity index (χ0v) is 16.7. The van der Waals surface area contributed by atoms with Crippen molar-refractivity contribution >= 4 is 11.9 Å². The lowest BCUT2D eigenvalue weighted by molar-refractivity contribution is -0.140. The predicted octanol–water partition coefficient (Wildman–Crippen LogP) is 5.40. The molecule has 4 heteroatoms. The molecule has 0 saturated heterocycles. The van der Waals surface area contributed by atoms with Gasteiger partial charge in [0.15, 0.2) is 0 Å². The Hall–Kier alpha value is -2.10. The van der Waals surface area contributed by atoms with Gasteiger partial charge in [-0.05, 0) is 12.0 Å². The van der Waals surface area contributed by atoms with E-state index in [-0.39, 0.29) is 0 Å². The molecule has 0 aromatic heterocycles. The number of ether oxygens (including phenoxy) is 2. The Morgan fingerprint density at radius 1 is 0.741 bits per heavy atom. The van der Waals surface area contributed by atoms with Gasteiger partial charge < -0.3 is 9.47 Å². The first-order valence-corrected chi connectivity index (χ1v) is 10.3. The molecule has 0 fully saturated rings. The molecule has 27 heavy (non-hydrogen) atoms. The first-order valence-electron chi connectivity index (χ1n) is 10.3. The van der Waals surface area contributed by atoms with Crippen LogP contribution < -0.4 is 0 Å². The van der Waals surface area contributed by atoms with Gasteiger partial charge in [-0.2, -0.15) is 0 Å². The number of hydrogen-bond donors (Lipinski definition) is 0. The van der Waals surface area contributed by atoms with Crippen molar-refractivity contribution in [1.82, 2.24) is 0 Å². The van der Waals surface area contributed by atoms with E-state index in [9.17, 15) is 9.59 Å². The number of carbonyl (C=O) groups is 2. The Balaban J connectivity index is 1.96. The smallest absolute Gasteiger partial charge is 0.331 e. The quantitative estimate of drug-likeness (QED) is 0.234. The summed E-state index contributed by atoms with van der Waals surface area (Å²) in [6.45, 7) is 2.92. The van der Waals surface area contributed by atoms with Crippen molar-refractivity contribution in [2.75, 3.05) is 13.2 Å². The SMILES string of the molecule is CCCCCCCCCCCOC(=O)/C=C/C(=O)OCCc1ccccc1. The Morgan fingerprint density at radius 2 is 1.26 bits per heavy atom. The Bertz CT molecular complexity index is 537. The highest BCUT2D eigenvalue weighted by molar-refractivity contribution is 5.91. The molecule has 0 unspecified atom stereocenters. The summed E-state index contributed by atoms with van der Waals surface area (Å²) in [5.41, 5.74) is 1.11. The van der Waals surface area contributed by atoms with Crippen molar-refractivity contribution < 1.29 is 19.1 Å². The highest BCUT2D eigenvalue weighted by Crippen LogP contribution is 2.09. The minimum atomic E-state index is -0.522. The number of esters is 2. The van der Waals surface area contributed by atoms with Crippen molar-refractivity contribution in [2.24, 2.45) is 0 Å². The molecule has 0 aliphatic heterocycles. The van der Waals surface area contributed by atoms with Crippen LogP contribution in [-0.2, 0) is 25.5 Å². The van der Waals surface area contributed by atoms with E-state index in [0.29, 0.717) is 19.6 Å². The summed E-state index contributed by atoms with van der Waals surface area (Å²) in [4.78, 5) is 23.1. The average Bonchev–Trinajstić information content (AvgIpc) is 2.68. The molecule has 0 aliphatic rings. The van der Waals surface area contributed by atoms with Crippen LogP contribution in [0.25, 0.3) is 0 Å². The third kappa shape index (κ3) is 13.7. The Kier molecular flexibility index (Phi) is 13.7. The zero-order valence-electron chi connectivity index (χ0n) is 16.7. The van der Waals surface area contributed by atoms with Gasteiger partial charge in [0, 0.05) is 18.6 Å². The number of rotatable bonds is 15. The van der Waals surface area contributed by atoms with Gasteiger partial charge >= 0.3 is 11.9 Å². The van der Waals surface area contributed by atoms with Crippen LogP contribution in [0.5, 0.6) is 0 Å². The van der Waals surface area contributed by atoms with Gasteiger partial charge in [0.1, 0.15) is 0 Å². The minimum Gasteiger partial charge on any atom is -0.463 e. The second-order valence-electron chi connectivity index (χ2n) is 6.73. The van der Waals surface area contributed by atoms with Gasteiger partial charge in [-0.1, -0.05) is 88.6 Å². The largest absolute Gasteiger partial charge is 0.463 e. The number of unbranched alkanes of at least 4 members (excludes halogenated alkanes) is 8. The maximum Gasteiger partial charge on any atom is 0.331 e. The summed E-state index contributed by atoms with van der Waals surface area (Å²) in [7, 11) is 0. The van der Waals surface area contributed by atoms with Crippen molar-refractivity contribution in [3.63, 3.8) is 0 Å². The molecule has 0 amide bonds. The van der Waals surface area contributed by atoms with Crippen LogP contribution in [0.2, 0.25) is 0 Å². The van der Waals surface area contributed by atoms with Gasteiger partial charge in [0.2, 0.25) is 0 Å². The van der Waals surface area contributed by atoms with E-state index in [0.717, 1.165) is 30.6 Å². The van der Waals surface area contributed by atoms with E-state index in [4.69, 9.17) is 9.47 Å². The molecule has 0 bridgehead atoms. The van der Waals surface area contributed by atoms with E-state index >= 15 is 0 Å². The highest BCUT2D eigenvalue weighted by Gasteiger charge is 2.02. The topological polar surface area (TPSA) is 52.6 Å². The van der Waals surface area contributed by atoms with Gasteiger partial charge in [0.25, 0.3) is 0 Å². The molecule has 0 heterocycles. The summed E-state index contributed by atoms with van der Waals surface area (Å²) in [6, 6.07) is 9.79. The zero-order chi connectivity index (χ0) is 19.6. The van der Waals surface area contributed by atoms with Crippen LogP contribution in [0.1, 0.15) is 70.3 Å². The van der Waals surface area contributed by atoms with Crippen molar-refractivity contribution in [3.05, 3.63) is 48.0 Å². The second-order valence-corrected chi connectivity index (χ2v) is 6.73. The summed E-state index contributed by atoms with van der Waals surface area (Å²) in [5.74, 6) is -1.01. The highest BCUT2D eigenvalue weighted by atomic mass is 16.5. The van der Waals surface area contributed by atoms with Crippen LogP contribution in [0, 0.1) is 0 Å². The number of hydrogen-bond acceptors (Lipinski definition) is 4. The van der Waals surface area contributed by atoms with E-state index in [2.05, 4.69) is 6.92 Å². The van der Waals surface area contributed by atoms with Gasteiger partial charge in [-0.15, -0.1) is 0 Å². The second kappa shape index (κ2) is 16.1. The van der Waals surface area contributed by atoms with Crippen molar-refractivity contribution in [3.8, 4) is 0 Å². The van der Waals surface area contributed by atoms with Crippen LogP contribution in [0.15, 0.2) is 42.5 Å². The molecular weight excluding hydrogens is 340 g/mol. The molecule has 150 valence electrons. The molecule has 0 N–H and O–H groups in total. The van der Waals surface area contributed by atoms with E-state index in [1.807, 2.05) is 30.3 Å². The number of benzene rings is 1. The lowest BCUT2D eigenvalue weighted by Crippen LogP contribution is -2.07. The van der Waals surface area contributed by atoms with Crippen LogP contribution in [-0.4, -0.2) is 25.2 Å². The van der Waals surface area contributed by atoms with Gasteiger partial charge in [0.05, 0.1) is 13.2 Å². The molecular formula is C23H34O4. The van der Waals surface area contributed by atoms with Crippen LogP contribution >= 0.6 is 0 Å². The molecule has 0 atom stereocenters. The maximum atomic E-state index is 11.6. The van der Waals surface area contributed by atoms with E-state index in [1.165, 1.54) is 44.9 Å². The normalized spacial score (nSPS) is 10.9. The van der Waals surface area contributed by atoms with Crippen molar-refractivity contribution in [1.29, 1.82) is 0 Å². The fourth-order valence-electron chi connectivity index (χ4n) is 2.73. The van der Waals surface area contributed by atoms with Crippen LogP contribution in [0.4, 0.5) is 0 Å². The fraction of sp³-hybridized carbons (Fsp3) is 0.565. The van der Waals surface area contributed by atoms with E-state index < -0.39 is 11.9 Å². The molecule has 1 aromatic rings. The van der Waals surface area contributed by atoms with Crippen molar-refractivity contribution in [2.45, 2.75) is 71.1 Å². The standard InChI is InChI=1S/C23H34O4/c1-2-3-4-5-6-7-8-9-13-19-26-22(24)16-17-23(25)27-20-18-21-14-11-10-12-15-21/h10-12,14-17H,2-9,13,18-20H2,1H3/b17-16+. The minimum absolute atomic E-state index is 0.292. The molecule has 0 aliphatic carbocycles. The summed E-state index contributed by atoms with van der Waals surface area (Å²) >= 11 is 0. The van der Waals surface area contributed by atoms with Crippen LogP contribution in [0.3, 0.4) is 0 Å². The summed E-state index contributed by atoms with van der Waals surface area (Å²) in [5, 5.41) is 0. The van der Waals surface area contributed by atoms with Gasteiger partial charge in [-0.3, -0.25) is 0 Å². The fourth-order valence-corrected chi connectivity index (χ4v) is 2.73. The molecule has 0 spiro atoms. The summed E-state index contributed by atoms with van der Waals surface area (Å²) < 4.78 is 10.2. The molecule has 0 saturated carbocycles. The first-order chi connectivity index (χ1) is 13.2. The number of carbonyl (C=O) groups excluding carboxylic acids is 2. The molecule has 0 radical (unpaired) electrons. The lowest BCUT2D eigenvalue weighted by Gasteiger charge is -2.03. The molecule has 1 rings (SSSR count). The predicted molar refractivity (Wildman–Crippen MR) is 108 cm³/mol. The first kappa shape index (κ1) is 22.9. The average molecular weight is 375 g/mol. The Morgan fingerprint density at radius 3 is 1.85 bits per heavy atom. The maximum absolute atomic E-state index is 11.6. The lowest BCUT2D eigenvalue weighted by atomic mass is 10.1.